The van der Waals surface area contributed by atoms with Crippen LogP contribution in [0.15, 0.2) is 24.3 Å². The van der Waals surface area contributed by atoms with Crippen LogP contribution in [0.25, 0.3) is 0 Å². The average Bonchev–Trinajstić information content (AvgIpc) is 2.48. The molecule has 2 rings (SSSR count). The fourth-order valence-corrected chi connectivity index (χ4v) is 2.09. The molecular formula is C16H19ClN4O. The van der Waals surface area contributed by atoms with Gasteiger partial charge in [0.2, 0.25) is 5.95 Å². The molecule has 5 nitrogen and oxygen atoms in total. The lowest BCUT2D eigenvalue weighted by Crippen LogP contribution is -2.17. The summed E-state index contributed by atoms with van der Waals surface area (Å²) in [4.78, 5) is 20.9. The van der Waals surface area contributed by atoms with Gasteiger partial charge in [0, 0.05) is 22.9 Å². The highest BCUT2D eigenvalue weighted by atomic mass is 35.5. The Balaban J connectivity index is 2.21. The Kier molecular flexibility index (Phi) is 5.33. The number of rotatable bonds is 5. The van der Waals surface area contributed by atoms with Crippen molar-refractivity contribution < 1.29 is 4.79 Å². The van der Waals surface area contributed by atoms with Crippen LogP contribution in [0.3, 0.4) is 0 Å². The first-order chi connectivity index (χ1) is 10.5. The van der Waals surface area contributed by atoms with Crippen LogP contribution in [0, 0.1) is 13.8 Å². The first-order valence-electron chi connectivity index (χ1n) is 7.16. The molecule has 1 amide bonds. The van der Waals surface area contributed by atoms with E-state index in [-0.39, 0.29) is 5.91 Å². The minimum Gasteiger partial charge on any atom is -0.354 e. The van der Waals surface area contributed by atoms with E-state index >= 15 is 0 Å². The lowest BCUT2D eigenvalue weighted by Gasteiger charge is -2.10. The molecule has 0 saturated heterocycles. The molecule has 22 heavy (non-hydrogen) atoms. The summed E-state index contributed by atoms with van der Waals surface area (Å²) in [5.74, 6) is 0.185. The van der Waals surface area contributed by atoms with Gasteiger partial charge in [-0.2, -0.15) is 0 Å². The number of amides is 1. The maximum absolute atomic E-state index is 12.4. The first-order valence-corrected chi connectivity index (χ1v) is 7.54. The Morgan fingerprint density at radius 2 is 2.00 bits per heavy atom. The van der Waals surface area contributed by atoms with Crippen LogP contribution in [-0.2, 0) is 0 Å². The van der Waals surface area contributed by atoms with E-state index < -0.39 is 0 Å². The molecule has 0 aliphatic heterocycles. The summed E-state index contributed by atoms with van der Waals surface area (Å²) in [6.07, 6.45) is 0.959. The van der Waals surface area contributed by atoms with Crippen LogP contribution in [0.5, 0.6) is 0 Å². The molecule has 116 valence electrons. The van der Waals surface area contributed by atoms with Crippen molar-refractivity contribution in [2.75, 3.05) is 17.2 Å². The van der Waals surface area contributed by atoms with Crippen molar-refractivity contribution in [3.63, 3.8) is 0 Å². The molecule has 0 saturated carbocycles. The number of hydrogen-bond acceptors (Lipinski definition) is 4. The van der Waals surface area contributed by atoms with Crippen molar-refractivity contribution in [3.05, 3.63) is 46.2 Å². The molecule has 1 heterocycles. The van der Waals surface area contributed by atoms with Gasteiger partial charge in [0.25, 0.3) is 5.91 Å². The van der Waals surface area contributed by atoms with E-state index in [0.717, 1.165) is 24.2 Å². The number of carbonyl (C=O) groups is 1. The zero-order valence-corrected chi connectivity index (χ0v) is 13.7. The number of halogens is 1. The van der Waals surface area contributed by atoms with Crippen molar-refractivity contribution in [1.82, 2.24) is 9.97 Å². The predicted molar refractivity (Wildman–Crippen MR) is 89.7 cm³/mol. The molecule has 2 aromatic rings. The third-order valence-corrected chi connectivity index (χ3v) is 3.30. The molecule has 6 heteroatoms. The highest BCUT2D eigenvalue weighted by molar-refractivity contribution is 6.31. The zero-order valence-electron chi connectivity index (χ0n) is 12.9. The molecule has 0 aliphatic carbocycles. The van der Waals surface area contributed by atoms with Crippen molar-refractivity contribution in [3.8, 4) is 0 Å². The van der Waals surface area contributed by atoms with E-state index in [9.17, 15) is 4.79 Å². The number of anilines is 2. The molecule has 0 bridgehead atoms. The van der Waals surface area contributed by atoms with Gasteiger partial charge in [-0.3, -0.25) is 4.79 Å². The number of benzene rings is 1. The normalized spacial score (nSPS) is 10.4. The van der Waals surface area contributed by atoms with Crippen molar-refractivity contribution >= 4 is 29.1 Å². The number of aromatic nitrogens is 2. The molecule has 0 atom stereocenters. The summed E-state index contributed by atoms with van der Waals surface area (Å²) in [5.41, 5.74) is 2.68. The van der Waals surface area contributed by atoms with Gasteiger partial charge in [-0.1, -0.05) is 24.6 Å². The highest BCUT2D eigenvalue weighted by Gasteiger charge is 2.12. The van der Waals surface area contributed by atoms with Gasteiger partial charge in [0.05, 0.1) is 0 Å². The van der Waals surface area contributed by atoms with Gasteiger partial charge in [0.15, 0.2) is 0 Å². The summed E-state index contributed by atoms with van der Waals surface area (Å²) < 4.78 is 0. The Hall–Kier alpha value is -2.14. The summed E-state index contributed by atoms with van der Waals surface area (Å²) in [6.45, 7) is 6.56. The lowest BCUT2D eigenvalue weighted by molar-refractivity contribution is 0.102. The van der Waals surface area contributed by atoms with Crippen LogP contribution < -0.4 is 10.6 Å². The summed E-state index contributed by atoms with van der Waals surface area (Å²) >= 11 is 5.97. The molecule has 0 unspecified atom stereocenters. The molecule has 2 N–H and O–H groups in total. The summed E-state index contributed by atoms with van der Waals surface area (Å²) in [5, 5.41) is 6.50. The fourth-order valence-electron chi connectivity index (χ4n) is 1.92. The standard InChI is InChI=1S/C16H19ClN4O/c1-4-7-18-16-19-11(3)8-14(21-16)15(22)20-13-9-12(17)6-5-10(13)2/h5-6,8-9H,4,7H2,1-3H3,(H,20,22)(H,18,19,21). The molecule has 0 spiro atoms. The lowest BCUT2D eigenvalue weighted by atomic mass is 10.2. The SMILES string of the molecule is CCCNc1nc(C)cc(C(=O)Nc2cc(Cl)ccc2C)n1. The molecule has 0 radical (unpaired) electrons. The predicted octanol–water partition coefficient (Wildman–Crippen LogP) is 3.82. The minimum absolute atomic E-state index is 0.282. The van der Waals surface area contributed by atoms with Crippen LogP contribution >= 0.6 is 11.6 Å². The van der Waals surface area contributed by atoms with Crippen molar-refractivity contribution in [2.24, 2.45) is 0 Å². The van der Waals surface area contributed by atoms with E-state index in [1.807, 2.05) is 19.9 Å². The molecule has 0 fully saturated rings. The van der Waals surface area contributed by atoms with Crippen molar-refractivity contribution in [1.29, 1.82) is 0 Å². The molecular weight excluding hydrogens is 300 g/mol. The van der Waals surface area contributed by atoms with Crippen LogP contribution in [0.2, 0.25) is 5.02 Å². The van der Waals surface area contributed by atoms with E-state index in [4.69, 9.17) is 11.6 Å². The number of nitrogens with one attached hydrogen (secondary N) is 2. The van der Waals surface area contributed by atoms with Gasteiger partial charge < -0.3 is 10.6 Å². The number of carbonyl (C=O) groups excluding carboxylic acids is 1. The third kappa shape index (κ3) is 4.18. The highest BCUT2D eigenvalue weighted by Crippen LogP contribution is 2.20. The maximum Gasteiger partial charge on any atom is 0.274 e. The quantitative estimate of drug-likeness (QED) is 0.879. The van der Waals surface area contributed by atoms with E-state index in [1.165, 1.54) is 0 Å². The summed E-state index contributed by atoms with van der Waals surface area (Å²) in [6, 6.07) is 7.02. The average molecular weight is 319 g/mol. The van der Waals surface area contributed by atoms with E-state index in [2.05, 4.69) is 27.5 Å². The Bertz CT molecular complexity index is 688. The second kappa shape index (κ2) is 7.22. The summed E-state index contributed by atoms with van der Waals surface area (Å²) in [7, 11) is 0. The number of nitrogens with zero attached hydrogens (tertiary/aromatic N) is 2. The Morgan fingerprint density at radius 1 is 1.23 bits per heavy atom. The van der Waals surface area contributed by atoms with Gasteiger partial charge in [0.1, 0.15) is 5.69 Å². The molecule has 0 aliphatic rings. The van der Waals surface area contributed by atoms with Crippen LogP contribution in [-0.4, -0.2) is 22.4 Å². The topological polar surface area (TPSA) is 66.9 Å². The Morgan fingerprint density at radius 3 is 2.73 bits per heavy atom. The van der Waals surface area contributed by atoms with Gasteiger partial charge in [-0.05, 0) is 44.0 Å². The van der Waals surface area contributed by atoms with E-state index in [1.54, 1.807) is 18.2 Å². The third-order valence-electron chi connectivity index (χ3n) is 3.07. The first kappa shape index (κ1) is 16.2. The van der Waals surface area contributed by atoms with Gasteiger partial charge in [-0.15, -0.1) is 0 Å². The Labute approximate surface area is 135 Å². The van der Waals surface area contributed by atoms with Crippen molar-refractivity contribution in [2.45, 2.75) is 27.2 Å². The smallest absolute Gasteiger partial charge is 0.274 e. The largest absolute Gasteiger partial charge is 0.354 e. The van der Waals surface area contributed by atoms with Gasteiger partial charge in [-0.25, -0.2) is 9.97 Å². The maximum atomic E-state index is 12.4. The molecule has 1 aromatic carbocycles. The van der Waals surface area contributed by atoms with Gasteiger partial charge >= 0.3 is 0 Å². The number of aryl methyl sites for hydroxylation is 2. The van der Waals surface area contributed by atoms with E-state index in [0.29, 0.717) is 22.4 Å². The molecule has 1 aromatic heterocycles. The fraction of sp³-hybridized carbons (Fsp3) is 0.312. The van der Waals surface area contributed by atoms with Crippen LogP contribution in [0.1, 0.15) is 35.1 Å². The van der Waals surface area contributed by atoms with Crippen LogP contribution in [0.4, 0.5) is 11.6 Å². The second-order valence-corrected chi connectivity index (χ2v) is 5.49. The second-order valence-electron chi connectivity index (χ2n) is 5.06. The zero-order chi connectivity index (χ0) is 16.1. The monoisotopic (exact) mass is 318 g/mol. The number of hydrogen-bond donors (Lipinski definition) is 2. The minimum atomic E-state index is -0.282.